The molecule has 8 nitrogen and oxygen atoms in total. The van der Waals surface area contributed by atoms with E-state index in [9.17, 15) is 19.5 Å². The topological polar surface area (TPSA) is 108 Å². The van der Waals surface area contributed by atoms with E-state index in [2.05, 4.69) is 10.6 Å². The van der Waals surface area contributed by atoms with Crippen molar-refractivity contribution in [3.05, 3.63) is 29.3 Å². The van der Waals surface area contributed by atoms with Crippen LogP contribution in [-0.4, -0.2) is 64.7 Å². The molecule has 0 radical (unpaired) electrons. The molecule has 3 N–H and O–H groups in total. The highest BCUT2D eigenvalue weighted by atomic mass is 16.5. The number of amides is 3. The van der Waals surface area contributed by atoms with E-state index >= 15 is 0 Å². The summed E-state index contributed by atoms with van der Waals surface area (Å²) >= 11 is 0. The molecule has 8 heteroatoms. The molecule has 1 aromatic carbocycles. The van der Waals surface area contributed by atoms with Crippen molar-refractivity contribution >= 4 is 23.4 Å². The van der Waals surface area contributed by atoms with Gasteiger partial charge in [0.25, 0.3) is 0 Å². The highest BCUT2D eigenvalue weighted by Crippen LogP contribution is 2.64. The molecule has 3 aliphatic heterocycles. The number of rotatable bonds is 7. The minimum atomic E-state index is -1.10. The summed E-state index contributed by atoms with van der Waals surface area (Å²) in [5.41, 5.74) is 0.686. The van der Waals surface area contributed by atoms with Crippen LogP contribution in [0.1, 0.15) is 51.2 Å². The van der Waals surface area contributed by atoms with Crippen LogP contribution in [0, 0.1) is 31.6 Å². The third-order valence-electron chi connectivity index (χ3n) is 8.44. The Kier molecular flexibility index (Phi) is 6.27. The maximum atomic E-state index is 14.0. The van der Waals surface area contributed by atoms with E-state index in [1.807, 2.05) is 52.8 Å². The Morgan fingerprint density at radius 1 is 1.21 bits per heavy atom. The predicted molar refractivity (Wildman–Crippen MR) is 128 cm³/mol. The molecule has 4 rings (SSSR count). The Balaban J connectivity index is 1.84. The second kappa shape index (κ2) is 8.64. The Labute approximate surface area is 201 Å². The minimum Gasteiger partial charge on any atom is -0.394 e. The van der Waals surface area contributed by atoms with E-state index in [1.165, 1.54) is 4.90 Å². The predicted octanol–water partition coefficient (Wildman–Crippen LogP) is 2.16. The molecule has 6 atom stereocenters. The summed E-state index contributed by atoms with van der Waals surface area (Å²) in [7, 11) is 1.57. The maximum Gasteiger partial charge on any atom is 0.250 e. The lowest BCUT2D eigenvalue weighted by atomic mass is 9.65. The smallest absolute Gasteiger partial charge is 0.250 e. The number of hydrogen-bond donors (Lipinski definition) is 3. The van der Waals surface area contributed by atoms with Crippen LogP contribution in [0.2, 0.25) is 0 Å². The van der Waals surface area contributed by atoms with Crippen molar-refractivity contribution in [3.8, 4) is 0 Å². The summed E-state index contributed by atoms with van der Waals surface area (Å²) in [6.45, 7) is 9.39. The summed E-state index contributed by atoms with van der Waals surface area (Å²) in [4.78, 5) is 42.7. The monoisotopic (exact) mass is 471 g/mol. The van der Waals surface area contributed by atoms with Crippen molar-refractivity contribution in [3.63, 3.8) is 0 Å². The van der Waals surface area contributed by atoms with Crippen LogP contribution in [-0.2, 0) is 19.1 Å². The highest BCUT2D eigenvalue weighted by molar-refractivity contribution is 6.04. The highest BCUT2D eigenvalue weighted by Gasteiger charge is 2.79. The lowest BCUT2D eigenvalue weighted by molar-refractivity contribution is -0.150. The van der Waals surface area contributed by atoms with Gasteiger partial charge in [-0.2, -0.15) is 0 Å². The molecule has 34 heavy (non-hydrogen) atoms. The van der Waals surface area contributed by atoms with Gasteiger partial charge in [0.15, 0.2) is 0 Å². The number of carbonyl (C=O) groups is 3. The average molecular weight is 472 g/mol. The molecule has 0 aliphatic carbocycles. The van der Waals surface area contributed by atoms with Crippen molar-refractivity contribution in [2.24, 2.45) is 17.8 Å². The number of likely N-dealkylation sites (tertiary alicyclic amines) is 1. The van der Waals surface area contributed by atoms with E-state index in [-0.39, 0.29) is 30.2 Å². The SMILES string of the molecule is CC[C@]12CCC3(O1)C(C(=O)Nc1c(C)cccc1C)N([C@@H](CO)C(C)C)C(=O)[C@@H]3[C@H]2C(=O)NC. The van der Waals surface area contributed by atoms with Gasteiger partial charge in [-0.05, 0) is 50.2 Å². The van der Waals surface area contributed by atoms with Crippen LogP contribution < -0.4 is 10.6 Å². The number of aryl methyl sites for hydroxylation is 2. The molecule has 186 valence electrons. The fraction of sp³-hybridized carbons (Fsp3) is 0.654. The van der Waals surface area contributed by atoms with Crippen LogP contribution in [0.15, 0.2) is 18.2 Å². The van der Waals surface area contributed by atoms with Gasteiger partial charge < -0.3 is 25.4 Å². The molecule has 1 spiro atoms. The van der Waals surface area contributed by atoms with Gasteiger partial charge in [0.2, 0.25) is 17.7 Å². The third kappa shape index (κ3) is 3.29. The molecule has 3 heterocycles. The first-order valence-corrected chi connectivity index (χ1v) is 12.3. The van der Waals surface area contributed by atoms with E-state index < -0.39 is 35.1 Å². The molecule has 3 saturated heterocycles. The summed E-state index contributed by atoms with van der Waals surface area (Å²) in [5, 5.41) is 16.0. The van der Waals surface area contributed by atoms with Gasteiger partial charge in [0, 0.05) is 12.7 Å². The summed E-state index contributed by atoms with van der Waals surface area (Å²) in [6.07, 6.45) is 1.70. The molecule has 3 amide bonds. The number of hydrogen-bond acceptors (Lipinski definition) is 5. The number of benzene rings is 1. The largest absolute Gasteiger partial charge is 0.394 e. The number of carbonyl (C=O) groups excluding carboxylic acids is 3. The molecule has 0 aromatic heterocycles. The Morgan fingerprint density at radius 2 is 1.85 bits per heavy atom. The quantitative estimate of drug-likeness (QED) is 0.565. The number of aliphatic hydroxyl groups excluding tert-OH is 1. The lowest BCUT2D eigenvalue weighted by Crippen LogP contribution is -2.57. The van der Waals surface area contributed by atoms with E-state index in [0.717, 1.165) is 11.1 Å². The fourth-order valence-electron chi connectivity index (χ4n) is 6.69. The fourth-order valence-corrected chi connectivity index (χ4v) is 6.69. The molecule has 2 unspecified atom stereocenters. The second-order valence-corrected chi connectivity index (χ2v) is 10.4. The van der Waals surface area contributed by atoms with Gasteiger partial charge in [-0.1, -0.05) is 39.0 Å². The third-order valence-corrected chi connectivity index (χ3v) is 8.44. The van der Waals surface area contributed by atoms with E-state index in [1.54, 1.807) is 7.05 Å². The summed E-state index contributed by atoms with van der Waals surface area (Å²) in [5.74, 6) is -2.37. The number of ether oxygens (including phenoxy) is 1. The van der Waals surface area contributed by atoms with Crippen LogP contribution in [0.3, 0.4) is 0 Å². The van der Waals surface area contributed by atoms with Crippen molar-refractivity contribution in [1.29, 1.82) is 0 Å². The van der Waals surface area contributed by atoms with Gasteiger partial charge in [-0.25, -0.2) is 0 Å². The van der Waals surface area contributed by atoms with Crippen LogP contribution >= 0.6 is 0 Å². The molecule has 0 saturated carbocycles. The molecule has 3 fully saturated rings. The van der Waals surface area contributed by atoms with Crippen LogP contribution in [0.4, 0.5) is 5.69 Å². The second-order valence-electron chi connectivity index (χ2n) is 10.4. The number of para-hydroxylation sites is 1. The lowest BCUT2D eigenvalue weighted by Gasteiger charge is -2.38. The normalized spacial score (nSPS) is 32.8. The van der Waals surface area contributed by atoms with Crippen LogP contribution in [0.5, 0.6) is 0 Å². The number of nitrogens with one attached hydrogen (secondary N) is 2. The zero-order chi connectivity index (χ0) is 25.0. The van der Waals surface area contributed by atoms with Gasteiger partial charge in [0.05, 0.1) is 30.1 Å². The summed E-state index contributed by atoms with van der Waals surface area (Å²) in [6, 6.07) is 4.29. The maximum absolute atomic E-state index is 14.0. The number of nitrogens with zero attached hydrogens (tertiary/aromatic N) is 1. The van der Waals surface area contributed by atoms with Gasteiger partial charge in [-0.15, -0.1) is 0 Å². The number of aliphatic hydroxyl groups is 1. The molecular weight excluding hydrogens is 434 g/mol. The molecule has 2 bridgehead atoms. The molecular formula is C26H37N3O5. The van der Waals surface area contributed by atoms with E-state index in [0.29, 0.717) is 24.9 Å². The molecule has 3 aliphatic rings. The van der Waals surface area contributed by atoms with Gasteiger partial charge >= 0.3 is 0 Å². The molecule has 1 aromatic rings. The van der Waals surface area contributed by atoms with Crippen molar-refractivity contribution in [2.45, 2.75) is 77.2 Å². The van der Waals surface area contributed by atoms with Crippen molar-refractivity contribution in [1.82, 2.24) is 10.2 Å². The minimum absolute atomic E-state index is 0.0875. The Morgan fingerprint density at radius 3 is 2.38 bits per heavy atom. The zero-order valence-electron chi connectivity index (χ0n) is 21.0. The number of anilines is 1. The zero-order valence-corrected chi connectivity index (χ0v) is 21.0. The Bertz CT molecular complexity index is 990. The van der Waals surface area contributed by atoms with Crippen LogP contribution in [0.25, 0.3) is 0 Å². The van der Waals surface area contributed by atoms with Crippen molar-refractivity contribution in [2.75, 3.05) is 19.0 Å². The summed E-state index contributed by atoms with van der Waals surface area (Å²) < 4.78 is 6.70. The first-order valence-electron chi connectivity index (χ1n) is 12.3. The first-order chi connectivity index (χ1) is 16.1. The van der Waals surface area contributed by atoms with Crippen molar-refractivity contribution < 1.29 is 24.2 Å². The first kappa shape index (κ1) is 24.7. The standard InChI is InChI=1S/C26H37N3O5/c1-7-25-11-12-26(34-25)19(18(25)22(31)27-6)24(33)29(17(13-30)14(2)3)21(26)23(32)28-20-15(4)9-8-10-16(20)5/h8-10,14,17-19,21,30H,7,11-13H2,1-6H3,(H,27,31)(H,28,32)/t17-,18-,19-,21?,25+,26?/m0/s1. The Hall–Kier alpha value is -2.45. The number of fused-ring (bicyclic) bond motifs is 1. The van der Waals surface area contributed by atoms with Gasteiger partial charge in [0.1, 0.15) is 11.6 Å². The average Bonchev–Trinajstić information content (AvgIpc) is 3.40. The van der Waals surface area contributed by atoms with Gasteiger partial charge in [-0.3, -0.25) is 14.4 Å². The van der Waals surface area contributed by atoms with E-state index in [4.69, 9.17) is 4.74 Å².